The lowest BCUT2D eigenvalue weighted by Gasteiger charge is -2.21. The minimum Gasteiger partial charge on any atom is -0.493 e. The van der Waals surface area contributed by atoms with Crippen LogP contribution in [0.3, 0.4) is 0 Å². The zero-order valence-electron chi connectivity index (χ0n) is 11.6. The number of terminal acetylenes is 1. The van der Waals surface area contributed by atoms with Gasteiger partial charge < -0.3 is 10.1 Å². The van der Waals surface area contributed by atoms with Crippen LogP contribution in [0.15, 0.2) is 24.3 Å². The molecule has 2 nitrogen and oxygen atoms in total. The molecule has 0 amide bonds. The highest BCUT2D eigenvalue weighted by Gasteiger charge is 2.10. The summed E-state index contributed by atoms with van der Waals surface area (Å²) >= 11 is 0. The molecular weight excluding hydrogens is 222 g/mol. The smallest absolute Gasteiger partial charge is 0.123 e. The molecule has 2 heteroatoms. The van der Waals surface area contributed by atoms with Crippen LogP contribution in [0.2, 0.25) is 0 Å². The molecule has 0 bridgehead atoms. The van der Waals surface area contributed by atoms with E-state index in [0.29, 0.717) is 6.61 Å². The van der Waals surface area contributed by atoms with Gasteiger partial charge in [0, 0.05) is 24.1 Å². The summed E-state index contributed by atoms with van der Waals surface area (Å²) in [7, 11) is 0. The highest BCUT2D eigenvalue weighted by Crippen LogP contribution is 2.19. The zero-order chi connectivity index (χ0) is 13.4. The summed E-state index contributed by atoms with van der Waals surface area (Å²) in [6.45, 7) is 7.96. The molecule has 1 aromatic carbocycles. The van der Waals surface area contributed by atoms with Crippen LogP contribution in [-0.4, -0.2) is 12.1 Å². The van der Waals surface area contributed by atoms with E-state index in [1.807, 2.05) is 18.2 Å². The average Bonchev–Trinajstić information content (AvgIpc) is 2.32. The first-order valence-electron chi connectivity index (χ1n) is 6.42. The van der Waals surface area contributed by atoms with E-state index in [2.05, 4.69) is 38.1 Å². The monoisotopic (exact) mass is 245 g/mol. The van der Waals surface area contributed by atoms with Crippen molar-refractivity contribution < 1.29 is 4.74 Å². The Hall–Kier alpha value is -1.46. The maximum atomic E-state index is 5.77. The lowest BCUT2D eigenvalue weighted by molar-refractivity contribution is 0.307. The second-order valence-corrected chi connectivity index (χ2v) is 5.37. The maximum Gasteiger partial charge on any atom is 0.123 e. The minimum absolute atomic E-state index is 0.108. The van der Waals surface area contributed by atoms with Gasteiger partial charge in [-0.25, -0.2) is 0 Å². The predicted molar refractivity (Wildman–Crippen MR) is 76.6 cm³/mol. The van der Waals surface area contributed by atoms with Gasteiger partial charge in [-0.2, -0.15) is 0 Å². The Kier molecular flexibility index (Phi) is 5.74. The van der Waals surface area contributed by atoms with Crippen LogP contribution in [-0.2, 0) is 6.54 Å². The molecular formula is C16H23NO. The Balaban J connectivity index is 2.54. The molecule has 98 valence electrons. The highest BCUT2D eigenvalue weighted by atomic mass is 16.5. The Morgan fingerprint density at radius 3 is 2.67 bits per heavy atom. The van der Waals surface area contributed by atoms with Crippen molar-refractivity contribution in [1.29, 1.82) is 0 Å². The van der Waals surface area contributed by atoms with Gasteiger partial charge in [-0.3, -0.25) is 0 Å². The van der Waals surface area contributed by atoms with Crippen LogP contribution in [0, 0.1) is 12.3 Å². The third-order valence-corrected chi connectivity index (χ3v) is 2.50. The third kappa shape index (κ3) is 5.75. The number of ether oxygens (including phenoxy) is 1. The standard InChI is InChI=1S/C16H23NO/c1-5-6-9-12-18-15-11-8-7-10-14(15)13-17-16(2,3)4/h1,7-8,10-11,17H,6,9,12-13H2,2-4H3. The van der Waals surface area contributed by atoms with Crippen molar-refractivity contribution in [3.63, 3.8) is 0 Å². The number of unbranched alkanes of at least 4 members (excludes halogenated alkanes) is 1. The molecule has 18 heavy (non-hydrogen) atoms. The predicted octanol–water partition coefficient (Wildman–Crippen LogP) is 3.37. The third-order valence-electron chi connectivity index (χ3n) is 2.50. The molecule has 0 spiro atoms. The van der Waals surface area contributed by atoms with Crippen molar-refractivity contribution in [2.45, 2.75) is 45.7 Å². The van der Waals surface area contributed by atoms with Crippen molar-refractivity contribution >= 4 is 0 Å². The molecule has 1 N–H and O–H groups in total. The van der Waals surface area contributed by atoms with E-state index < -0.39 is 0 Å². The Labute approximate surface area is 111 Å². The Morgan fingerprint density at radius 2 is 2.00 bits per heavy atom. The van der Waals surface area contributed by atoms with Crippen LogP contribution in [0.4, 0.5) is 0 Å². The lowest BCUT2D eigenvalue weighted by atomic mass is 10.1. The van der Waals surface area contributed by atoms with Gasteiger partial charge in [0.25, 0.3) is 0 Å². The normalized spacial score (nSPS) is 11.0. The fourth-order valence-corrected chi connectivity index (χ4v) is 1.51. The topological polar surface area (TPSA) is 21.3 Å². The second-order valence-electron chi connectivity index (χ2n) is 5.37. The van der Waals surface area contributed by atoms with Gasteiger partial charge >= 0.3 is 0 Å². The van der Waals surface area contributed by atoms with Gasteiger partial charge in [0.2, 0.25) is 0 Å². The summed E-state index contributed by atoms with van der Waals surface area (Å²) in [4.78, 5) is 0. The lowest BCUT2D eigenvalue weighted by Crippen LogP contribution is -2.35. The molecule has 0 aliphatic rings. The van der Waals surface area contributed by atoms with Crippen LogP contribution < -0.4 is 10.1 Å². The van der Waals surface area contributed by atoms with Gasteiger partial charge in [0.1, 0.15) is 5.75 Å². The van der Waals surface area contributed by atoms with Crippen molar-refractivity contribution in [3.8, 4) is 18.1 Å². The summed E-state index contributed by atoms with van der Waals surface area (Å²) in [5.74, 6) is 3.57. The van der Waals surface area contributed by atoms with E-state index in [4.69, 9.17) is 11.2 Å². The molecule has 1 rings (SSSR count). The number of rotatable bonds is 6. The number of nitrogens with one attached hydrogen (secondary N) is 1. The van der Waals surface area contributed by atoms with E-state index in [0.717, 1.165) is 25.1 Å². The fourth-order valence-electron chi connectivity index (χ4n) is 1.51. The van der Waals surface area contributed by atoms with Crippen molar-refractivity contribution in [3.05, 3.63) is 29.8 Å². The Bertz CT molecular complexity index is 398. The molecule has 0 aliphatic heterocycles. The molecule has 0 radical (unpaired) electrons. The molecule has 0 fully saturated rings. The van der Waals surface area contributed by atoms with Gasteiger partial charge in [0.05, 0.1) is 6.61 Å². The molecule has 0 saturated heterocycles. The van der Waals surface area contributed by atoms with Crippen LogP contribution >= 0.6 is 0 Å². The Morgan fingerprint density at radius 1 is 1.28 bits per heavy atom. The van der Waals surface area contributed by atoms with Crippen molar-refractivity contribution in [2.75, 3.05) is 6.61 Å². The molecule has 1 aromatic rings. The highest BCUT2D eigenvalue weighted by molar-refractivity contribution is 5.33. The zero-order valence-corrected chi connectivity index (χ0v) is 11.6. The molecule has 0 aliphatic carbocycles. The van der Waals surface area contributed by atoms with Crippen LogP contribution in [0.25, 0.3) is 0 Å². The number of benzene rings is 1. The molecule has 0 saturated carbocycles. The van der Waals surface area contributed by atoms with E-state index in [1.54, 1.807) is 0 Å². The largest absolute Gasteiger partial charge is 0.493 e. The first-order valence-corrected chi connectivity index (χ1v) is 6.42. The molecule has 0 heterocycles. The fraction of sp³-hybridized carbons (Fsp3) is 0.500. The molecule has 0 unspecified atom stereocenters. The van der Waals surface area contributed by atoms with E-state index in [1.165, 1.54) is 5.56 Å². The SMILES string of the molecule is C#CCCCOc1ccccc1CNC(C)(C)C. The van der Waals surface area contributed by atoms with Crippen molar-refractivity contribution in [2.24, 2.45) is 0 Å². The quantitative estimate of drug-likeness (QED) is 0.613. The van der Waals surface area contributed by atoms with E-state index >= 15 is 0 Å². The summed E-state index contributed by atoms with van der Waals surface area (Å²) in [5, 5.41) is 3.47. The maximum absolute atomic E-state index is 5.77. The van der Waals surface area contributed by atoms with Gasteiger partial charge in [-0.15, -0.1) is 12.3 Å². The van der Waals surface area contributed by atoms with Crippen LogP contribution in [0.5, 0.6) is 5.75 Å². The van der Waals surface area contributed by atoms with Gasteiger partial charge in [-0.05, 0) is 33.3 Å². The minimum atomic E-state index is 0.108. The molecule has 0 aromatic heterocycles. The van der Waals surface area contributed by atoms with E-state index in [9.17, 15) is 0 Å². The number of hydrogen-bond donors (Lipinski definition) is 1. The van der Waals surface area contributed by atoms with Gasteiger partial charge in [-0.1, -0.05) is 18.2 Å². The summed E-state index contributed by atoms with van der Waals surface area (Å²) in [5.41, 5.74) is 1.30. The van der Waals surface area contributed by atoms with Crippen molar-refractivity contribution in [1.82, 2.24) is 5.32 Å². The van der Waals surface area contributed by atoms with Crippen LogP contribution in [0.1, 0.15) is 39.2 Å². The number of hydrogen-bond acceptors (Lipinski definition) is 2. The van der Waals surface area contributed by atoms with E-state index in [-0.39, 0.29) is 5.54 Å². The summed E-state index contributed by atoms with van der Waals surface area (Å²) < 4.78 is 5.77. The van der Waals surface area contributed by atoms with Gasteiger partial charge in [0.15, 0.2) is 0 Å². The first kappa shape index (κ1) is 14.6. The summed E-state index contributed by atoms with van der Waals surface area (Å²) in [6, 6.07) is 8.13. The summed E-state index contributed by atoms with van der Waals surface area (Å²) in [6.07, 6.45) is 6.88. The number of para-hydroxylation sites is 1. The second kappa shape index (κ2) is 7.08. The average molecular weight is 245 g/mol. The molecule has 0 atom stereocenters. The first-order chi connectivity index (χ1) is 8.53.